The SMILES string of the molecule is CCOP(=O)(OCC)OC1=C2CCCCC2C[C@H](C(C)=O)[C@@H]1SC(C)=O. The van der Waals surface area contributed by atoms with Crippen molar-refractivity contribution in [1.82, 2.24) is 0 Å². The summed E-state index contributed by atoms with van der Waals surface area (Å²) in [5.41, 5.74) is 1.08. The standard InChI is InChI=1S/C18H29O6PS/c1-5-22-25(21,23-6-2)24-17-15-10-8-7-9-14(15)11-16(12(3)19)18(17)26-13(4)20/h14,16,18H,5-11H2,1-4H3/t14?,16-,18+/m1/s1. The van der Waals surface area contributed by atoms with Gasteiger partial charge < -0.3 is 4.52 Å². The Morgan fingerprint density at radius 2 is 1.81 bits per heavy atom. The highest BCUT2D eigenvalue weighted by atomic mass is 32.2. The first-order valence-electron chi connectivity index (χ1n) is 9.30. The number of carbonyl (C=O) groups is 2. The molecule has 0 amide bonds. The van der Waals surface area contributed by atoms with Gasteiger partial charge in [0.15, 0.2) is 5.12 Å². The van der Waals surface area contributed by atoms with Gasteiger partial charge in [0.05, 0.1) is 18.5 Å². The second-order valence-electron chi connectivity index (χ2n) is 6.69. The average molecular weight is 404 g/mol. The molecule has 2 rings (SSSR count). The maximum atomic E-state index is 13.0. The first-order valence-corrected chi connectivity index (χ1v) is 11.6. The van der Waals surface area contributed by atoms with E-state index < -0.39 is 13.1 Å². The number of Topliss-reactive ketones (excluding diaryl/α,β-unsaturated/α-hetero) is 1. The maximum Gasteiger partial charge on any atom is 0.529 e. The molecule has 1 fully saturated rings. The molecule has 0 aliphatic heterocycles. The largest absolute Gasteiger partial charge is 0.529 e. The Morgan fingerprint density at radius 1 is 1.15 bits per heavy atom. The second kappa shape index (κ2) is 9.54. The zero-order chi connectivity index (χ0) is 19.3. The Kier molecular flexibility index (Phi) is 7.95. The molecule has 0 radical (unpaired) electrons. The van der Waals surface area contributed by atoms with Gasteiger partial charge in [0.1, 0.15) is 11.5 Å². The van der Waals surface area contributed by atoms with Crippen molar-refractivity contribution in [2.75, 3.05) is 13.2 Å². The lowest BCUT2D eigenvalue weighted by Crippen LogP contribution is -2.37. The van der Waals surface area contributed by atoms with Gasteiger partial charge in [-0.25, -0.2) is 4.57 Å². The van der Waals surface area contributed by atoms with Crippen molar-refractivity contribution >= 4 is 30.5 Å². The fourth-order valence-electron chi connectivity index (χ4n) is 3.80. The highest BCUT2D eigenvalue weighted by Gasteiger charge is 2.45. The fourth-order valence-corrected chi connectivity index (χ4v) is 6.28. The Hall–Kier alpha value is -0.620. The zero-order valence-electron chi connectivity index (χ0n) is 16.0. The van der Waals surface area contributed by atoms with Crippen LogP contribution in [0.1, 0.15) is 59.8 Å². The molecule has 2 aliphatic carbocycles. The van der Waals surface area contributed by atoms with Crippen molar-refractivity contribution < 1.29 is 27.7 Å². The second-order valence-corrected chi connectivity index (χ2v) is 9.60. The minimum atomic E-state index is -3.78. The monoisotopic (exact) mass is 404 g/mol. The third kappa shape index (κ3) is 5.22. The zero-order valence-corrected chi connectivity index (χ0v) is 17.7. The van der Waals surface area contributed by atoms with E-state index in [0.29, 0.717) is 5.76 Å². The molecule has 2 aliphatic rings. The van der Waals surface area contributed by atoms with Crippen LogP contribution in [0.15, 0.2) is 11.3 Å². The molecule has 6 nitrogen and oxygen atoms in total. The van der Waals surface area contributed by atoms with Crippen LogP contribution in [-0.2, 0) is 27.7 Å². The minimum absolute atomic E-state index is 0.0251. The molecule has 26 heavy (non-hydrogen) atoms. The van der Waals surface area contributed by atoms with Crippen LogP contribution in [0.3, 0.4) is 0 Å². The van der Waals surface area contributed by atoms with Crippen LogP contribution in [0.5, 0.6) is 0 Å². The Morgan fingerprint density at radius 3 is 2.35 bits per heavy atom. The lowest BCUT2D eigenvalue weighted by molar-refractivity contribution is -0.121. The highest BCUT2D eigenvalue weighted by Crippen LogP contribution is 2.56. The molecule has 0 aromatic carbocycles. The summed E-state index contributed by atoms with van der Waals surface area (Å²) in [5, 5.41) is -0.566. The van der Waals surface area contributed by atoms with Crippen molar-refractivity contribution in [1.29, 1.82) is 0 Å². The number of allylic oxidation sites excluding steroid dienone is 1. The number of thioether (sulfide) groups is 1. The van der Waals surface area contributed by atoms with Crippen LogP contribution in [0.25, 0.3) is 0 Å². The van der Waals surface area contributed by atoms with E-state index in [1.807, 2.05) is 0 Å². The van der Waals surface area contributed by atoms with Crippen molar-refractivity contribution in [2.24, 2.45) is 11.8 Å². The topological polar surface area (TPSA) is 78.9 Å². The van der Waals surface area contributed by atoms with Crippen LogP contribution in [0.2, 0.25) is 0 Å². The molecule has 0 bridgehead atoms. The third-order valence-corrected chi connectivity index (χ3v) is 7.52. The Balaban J connectivity index is 2.47. The van der Waals surface area contributed by atoms with Gasteiger partial charge in [0.2, 0.25) is 0 Å². The molecule has 3 atom stereocenters. The molecular formula is C18H29O6PS. The van der Waals surface area contributed by atoms with Crippen molar-refractivity contribution in [3.05, 3.63) is 11.3 Å². The molecule has 1 saturated carbocycles. The smallest absolute Gasteiger partial charge is 0.407 e. The van der Waals surface area contributed by atoms with Gasteiger partial charge >= 0.3 is 7.82 Å². The van der Waals surface area contributed by atoms with E-state index in [0.717, 1.165) is 49.4 Å². The summed E-state index contributed by atoms with van der Waals surface area (Å²) in [6.45, 7) is 6.83. The van der Waals surface area contributed by atoms with Gasteiger partial charge in [-0.1, -0.05) is 18.2 Å². The maximum absolute atomic E-state index is 13.0. The molecule has 8 heteroatoms. The number of rotatable bonds is 8. The molecule has 0 heterocycles. The van der Waals surface area contributed by atoms with E-state index in [-0.39, 0.29) is 35.9 Å². The predicted molar refractivity (Wildman–Crippen MR) is 102 cm³/mol. The summed E-state index contributed by atoms with van der Waals surface area (Å²) in [4.78, 5) is 24.1. The summed E-state index contributed by atoms with van der Waals surface area (Å²) in [6, 6.07) is 0. The average Bonchev–Trinajstić information content (AvgIpc) is 2.56. The molecule has 0 saturated heterocycles. The van der Waals surface area contributed by atoms with Gasteiger partial charge in [0, 0.05) is 12.8 Å². The number of hydrogen-bond acceptors (Lipinski definition) is 7. The Labute approximate surface area is 160 Å². The quantitative estimate of drug-likeness (QED) is 0.533. The van der Waals surface area contributed by atoms with Crippen molar-refractivity contribution in [3.63, 3.8) is 0 Å². The summed E-state index contributed by atoms with van der Waals surface area (Å²) in [7, 11) is -3.78. The molecule has 148 valence electrons. The van der Waals surface area contributed by atoms with Gasteiger partial charge in [-0.15, -0.1) is 0 Å². The Bertz CT molecular complexity index is 607. The number of phosphoric ester groups is 1. The van der Waals surface area contributed by atoms with Crippen LogP contribution >= 0.6 is 19.6 Å². The summed E-state index contributed by atoms with van der Waals surface area (Å²) >= 11 is 1.08. The van der Waals surface area contributed by atoms with Crippen LogP contribution in [0.4, 0.5) is 0 Å². The third-order valence-electron chi connectivity index (χ3n) is 4.82. The number of ketones is 1. The molecule has 0 N–H and O–H groups in total. The van der Waals surface area contributed by atoms with E-state index in [4.69, 9.17) is 13.6 Å². The van der Waals surface area contributed by atoms with Crippen LogP contribution in [-0.4, -0.2) is 29.4 Å². The molecule has 0 aromatic rings. The van der Waals surface area contributed by atoms with Crippen LogP contribution in [0, 0.1) is 11.8 Å². The van der Waals surface area contributed by atoms with Gasteiger partial charge in [-0.2, -0.15) is 0 Å². The molecule has 1 unspecified atom stereocenters. The lowest BCUT2D eigenvalue weighted by Gasteiger charge is -2.40. The van der Waals surface area contributed by atoms with Gasteiger partial charge in [0.25, 0.3) is 0 Å². The van der Waals surface area contributed by atoms with E-state index in [1.165, 1.54) is 6.92 Å². The lowest BCUT2D eigenvalue weighted by atomic mass is 9.72. The van der Waals surface area contributed by atoms with E-state index >= 15 is 0 Å². The summed E-state index contributed by atoms with van der Waals surface area (Å²) in [6.07, 6.45) is 4.66. The molecule has 0 spiro atoms. The first kappa shape index (κ1) is 21.7. The van der Waals surface area contributed by atoms with Gasteiger partial charge in [-0.05, 0) is 57.9 Å². The van der Waals surface area contributed by atoms with E-state index in [1.54, 1.807) is 20.8 Å². The summed E-state index contributed by atoms with van der Waals surface area (Å²) < 4.78 is 29.5. The molecule has 0 aromatic heterocycles. The van der Waals surface area contributed by atoms with Crippen molar-refractivity contribution in [3.8, 4) is 0 Å². The highest BCUT2D eigenvalue weighted by molar-refractivity contribution is 8.14. The van der Waals surface area contributed by atoms with E-state index in [2.05, 4.69) is 0 Å². The number of carbonyl (C=O) groups excluding carboxylic acids is 2. The van der Waals surface area contributed by atoms with Gasteiger partial charge in [-0.3, -0.25) is 18.6 Å². The normalized spacial score (nSPS) is 26.4. The summed E-state index contributed by atoms with van der Waals surface area (Å²) in [5.74, 6) is 0.402. The van der Waals surface area contributed by atoms with Crippen LogP contribution < -0.4 is 0 Å². The molecular weight excluding hydrogens is 375 g/mol. The minimum Gasteiger partial charge on any atom is -0.407 e. The van der Waals surface area contributed by atoms with Crippen molar-refractivity contribution in [2.45, 2.75) is 65.0 Å². The number of fused-ring (bicyclic) bond motifs is 1. The number of hydrogen-bond donors (Lipinski definition) is 0. The first-order chi connectivity index (χ1) is 12.3. The van der Waals surface area contributed by atoms with E-state index in [9.17, 15) is 14.2 Å². The number of phosphoric acid groups is 1. The predicted octanol–water partition coefficient (Wildman–Crippen LogP) is 4.89. The fraction of sp³-hybridized carbons (Fsp3) is 0.778.